The molecule has 3 aliphatic heterocycles. The third-order valence-electron chi connectivity index (χ3n) is 16.3. The normalized spacial score (nSPS) is 37.3. The number of methoxy groups -OCH3 is 1. The van der Waals surface area contributed by atoms with Gasteiger partial charge in [0.2, 0.25) is 5.43 Å². The van der Waals surface area contributed by atoms with Gasteiger partial charge in [-0.25, -0.2) is 4.79 Å². The zero-order valence-corrected chi connectivity index (χ0v) is 48.0. The van der Waals surface area contributed by atoms with Crippen molar-refractivity contribution in [3.63, 3.8) is 0 Å². The largest absolute Gasteiger partial charge is 0.477 e. The molecule has 0 aliphatic carbocycles. The zero-order valence-electron chi connectivity index (χ0n) is 48.0. The second kappa shape index (κ2) is 26.9. The molecular formula is C56H90N4O17. The number of nitrogens with zero attached hydrogens (tertiary/aromatic N) is 3. The number of likely N-dealkylation sites (N-methyl/N-ethyl adjacent to an activating group) is 1. The third-order valence-corrected chi connectivity index (χ3v) is 16.3. The van der Waals surface area contributed by atoms with Gasteiger partial charge in [-0.05, 0) is 119 Å². The van der Waals surface area contributed by atoms with E-state index < -0.39 is 119 Å². The van der Waals surface area contributed by atoms with Crippen LogP contribution in [0, 0.1) is 23.7 Å². The second-order valence-corrected chi connectivity index (χ2v) is 22.7. The molecule has 0 saturated carbocycles. The van der Waals surface area contributed by atoms with Gasteiger partial charge in [0.15, 0.2) is 18.7 Å². The van der Waals surface area contributed by atoms with Crippen LogP contribution in [0.4, 0.5) is 0 Å². The Morgan fingerprint density at radius 3 is 2.23 bits per heavy atom. The topological polar surface area (TPSA) is 276 Å². The molecule has 436 valence electrons. The molecule has 6 N–H and O–H groups in total. The summed E-state index contributed by atoms with van der Waals surface area (Å²) in [5.41, 5.74) is -3.73. The number of fused-ring (bicyclic) bond motifs is 1. The van der Waals surface area contributed by atoms with Gasteiger partial charge in [0.05, 0.1) is 59.7 Å². The van der Waals surface area contributed by atoms with Crippen LogP contribution in [0.3, 0.4) is 0 Å². The standard InChI is InChI=1S/C56H90N4O17/c1-16-41-56(11,69)48(64)32(5)44(58-71-15)30(3)27-54(9,68)49(77-53-46(63)40(59(12)13)25-31(4)72-53)33(6)47(34(7)52(67)74-41)76-43-28-55(10,70-14)50(35(8)73-43)75-42(61)22-24-57-23-18-19-36-20-21-37-39(26-36)60(17-2)29-38(45(37)62)51(65)66/h20-21,26,29-35,40-41,43,46-50,53,57,63-64,68-69H,16-19,22-25,27-28H2,1-15H3,(H,65,66)/b58-44+/t30-,31-,32+,33+,34-,35+,40+,41-,43+,46-,47+,48-,49-,50+,53+,54-,55-,56-/m1/s1. The molecule has 77 heavy (non-hydrogen) atoms. The Morgan fingerprint density at radius 1 is 0.935 bits per heavy atom. The van der Waals surface area contributed by atoms with Crippen LogP contribution in [0.2, 0.25) is 0 Å². The van der Waals surface area contributed by atoms with E-state index >= 15 is 0 Å². The minimum absolute atomic E-state index is 0.0253. The maximum atomic E-state index is 14.6. The fourth-order valence-corrected chi connectivity index (χ4v) is 11.8. The molecule has 3 fully saturated rings. The minimum atomic E-state index is -1.97. The summed E-state index contributed by atoms with van der Waals surface area (Å²) >= 11 is 0. The molecule has 4 heterocycles. The lowest BCUT2D eigenvalue weighted by Gasteiger charge is -2.49. The molecule has 0 unspecified atom stereocenters. The number of oxime groups is 1. The summed E-state index contributed by atoms with van der Waals surface area (Å²) in [7, 11) is 6.57. The number of aryl methyl sites for hydroxylation is 2. The Bertz CT molecular complexity index is 2400. The van der Waals surface area contributed by atoms with Crippen molar-refractivity contribution in [3.05, 3.63) is 45.7 Å². The molecule has 21 heteroatoms. The van der Waals surface area contributed by atoms with E-state index in [0.717, 1.165) is 12.0 Å². The Balaban J connectivity index is 1.36. The van der Waals surface area contributed by atoms with Gasteiger partial charge in [-0.3, -0.25) is 14.4 Å². The van der Waals surface area contributed by atoms with Gasteiger partial charge in [0, 0.05) is 62.0 Å². The number of ether oxygens (including phenoxy) is 7. The summed E-state index contributed by atoms with van der Waals surface area (Å²) in [6.45, 7) is 20.3. The Hall–Kier alpha value is -4.13. The van der Waals surface area contributed by atoms with Crippen molar-refractivity contribution in [2.45, 2.75) is 212 Å². The fourth-order valence-electron chi connectivity index (χ4n) is 11.8. The lowest BCUT2D eigenvalue weighted by molar-refractivity contribution is -0.318. The number of benzene rings is 1. The first-order valence-electron chi connectivity index (χ1n) is 27.3. The quantitative estimate of drug-likeness (QED) is 0.0685. The summed E-state index contributed by atoms with van der Waals surface area (Å²) in [4.78, 5) is 59.7. The molecule has 1 aromatic carbocycles. The van der Waals surface area contributed by atoms with Crippen molar-refractivity contribution < 1.29 is 77.9 Å². The number of carbonyl (C=O) groups is 3. The molecule has 18 atom stereocenters. The highest BCUT2D eigenvalue weighted by Crippen LogP contribution is 2.42. The maximum Gasteiger partial charge on any atom is 0.341 e. The SMILES string of the molecule is CC[C@H]1OC(=O)[C@H](C)[C@@H](O[C@H]2C[C@@](C)(OC)[C@@H](OC(=O)CCNCCCc3ccc4c(=O)c(C(=O)O)cn(CC)c4c3)[C@H](C)O2)[C@H](C)[C@@H](O[C@@H]2O[C@H](C)C[C@H](N(C)C)[C@H]2O)[C@](C)(O)C[C@@H](C)/C(=N\OC)[C@H](C)[C@@H](O)[C@]1(C)O. The minimum Gasteiger partial charge on any atom is -0.477 e. The number of hydrogen-bond donors (Lipinski definition) is 6. The molecule has 3 saturated heterocycles. The van der Waals surface area contributed by atoms with Crippen LogP contribution in [0.1, 0.15) is 131 Å². The van der Waals surface area contributed by atoms with Crippen LogP contribution in [0.15, 0.2) is 34.3 Å². The number of pyridine rings is 1. The number of esters is 2. The van der Waals surface area contributed by atoms with Crippen LogP contribution >= 0.6 is 0 Å². The highest BCUT2D eigenvalue weighted by molar-refractivity contribution is 5.92. The molecule has 21 nitrogen and oxygen atoms in total. The van der Waals surface area contributed by atoms with E-state index in [9.17, 15) is 44.7 Å². The lowest BCUT2D eigenvalue weighted by Crippen LogP contribution is -2.61. The van der Waals surface area contributed by atoms with Crippen molar-refractivity contribution in [2.24, 2.45) is 28.8 Å². The first-order chi connectivity index (χ1) is 36.1. The number of cyclic esters (lactones) is 1. The molecule has 0 bridgehead atoms. The molecule has 3 aliphatic rings. The Labute approximate surface area is 453 Å². The third kappa shape index (κ3) is 14.8. The van der Waals surface area contributed by atoms with Gasteiger partial charge in [-0.15, -0.1) is 0 Å². The van der Waals surface area contributed by atoms with Crippen LogP contribution in [0.25, 0.3) is 10.9 Å². The van der Waals surface area contributed by atoms with E-state index in [1.54, 1.807) is 59.1 Å². The van der Waals surface area contributed by atoms with Gasteiger partial charge < -0.3 is 78.3 Å². The van der Waals surface area contributed by atoms with Crippen molar-refractivity contribution in [2.75, 3.05) is 41.4 Å². The van der Waals surface area contributed by atoms with E-state index in [1.165, 1.54) is 27.3 Å². The average Bonchev–Trinajstić information content (AvgIpc) is 3.37. The number of carboxylic acids is 1. The molecule has 0 amide bonds. The summed E-state index contributed by atoms with van der Waals surface area (Å²) in [5, 5.41) is 65.9. The van der Waals surface area contributed by atoms with Gasteiger partial charge in [-0.1, -0.05) is 38.9 Å². The number of aromatic carboxylic acids is 1. The number of carbonyl (C=O) groups excluding carboxylic acids is 2. The van der Waals surface area contributed by atoms with Crippen molar-refractivity contribution in [3.8, 4) is 0 Å². The molecular weight excluding hydrogens is 1000 g/mol. The number of carboxylic acid groups (broad SMARTS) is 1. The number of rotatable bonds is 18. The maximum absolute atomic E-state index is 14.6. The predicted molar refractivity (Wildman–Crippen MR) is 286 cm³/mol. The van der Waals surface area contributed by atoms with Crippen LogP contribution in [-0.4, -0.2) is 184 Å². The molecule has 0 spiro atoms. The van der Waals surface area contributed by atoms with Crippen LogP contribution in [-0.2, 0) is 60.6 Å². The second-order valence-electron chi connectivity index (χ2n) is 22.7. The molecule has 2 aromatic rings. The first-order valence-corrected chi connectivity index (χ1v) is 27.3. The summed E-state index contributed by atoms with van der Waals surface area (Å²) in [6, 6.07) is 5.05. The van der Waals surface area contributed by atoms with Gasteiger partial charge in [0.25, 0.3) is 0 Å². The summed E-state index contributed by atoms with van der Waals surface area (Å²) in [6.07, 6.45) is -7.08. The van der Waals surface area contributed by atoms with E-state index in [4.69, 9.17) is 38.0 Å². The Morgan fingerprint density at radius 2 is 1.62 bits per heavy atom. The highest BCUT2D eigenvalue weighted by atomic mass is 16.7. The van der Waals surface area contributed by atoms with E-state index in [1.807, 2.05) is 51.9 Å². The zero-order chi connectivity index (χ0) is 57.5. The summed E-state index contributed by atoms with van der Waals surface area (Å²) < 4.78 is 46.5. The number of aromatic nitrogens is 1. The van der Waals surface area contributed by atoms with Crippen molar-refractivity contribution in [1.29, 1.82) is 0 Å². The van der Waals surface area contributed by atoms with Crippen molar-refractivity contribution in [1.82, 2.24) is 14.8 Å². The van der Waals surface area contributed by atoms with E-state index in [-0.39, 0.29) is 43.4 Å². The molecule has 0 radical (unpaired) electrons. The first kappa shape index (κ1) is 63.7. The fraction of sp³-hybridized carbons (Fsp3) is 0.768. The van der Waals surface area contributed by atoms with Gasteiger partial charge in [-0.2, -0.15) is 0 Å². The number of hydrogen-bond acceptors (Lipinski definition) is 19. The molecule has 1 aromatic heterocycles. The highest BCUT2D eigenvalue weighted by Gasteiger charge is 2.54. The predicted octanol–water partition coefficient (Wildman–Crippen LogP) is 4.42. The monoisotopic (exact) mass is 1090 g/mol. The average molecular weight is 1090 g/mol. The number of aliphatic hydroxyl groups is 4. The number of aliphatic hydroxyl groups excluding tert-OH is 2. The van der Waals surface area contributed by atoms with Crippen molar-refractivity contribution >= 4 is 34.5 Å². The number of nitrogens with one attached hydrogen (secondary N) is 1. The van der Waals surface area contributed by atoms with E-state index in [0.29, 0.717) is 49.1 Å². The Kier molecular flexibility index (Phi) is 22.2. The summed E-state index contributed by atoms with van der Waals surface area (Å²) in [5.74, 6) is -5.97. The smallest absolute Gasteiger partial charge is 0.341 e. The van der Waals surface area contributed by atoms with Crippen LogP contribution in [0.5, 0.6) is 0 Å². The lowest BCUT2D eigenvalue weighted by atomic mass is 9.73. The van der Waals surface area contributed by atoms with Gasteiger partial charge >= 0.3 is 17.9 Å². The van der Waals surface area contributed by atoms with Crippen LogP contribution < -0.4 is 10.7 Å². The van der Waals surface area contributed by atoms with Gasteiger partial charge in [0.1, 0.15) is 36.1 Å². The van der Waals surface area contributed by atoms with E-state index in [2.05, 4.69) is 10.5 Å². The molecule has 5 rings (SSSR count).